The number of hydrogen-bond donors (Lipinski definition) is 0. The van der Waals surface area contributed by atoms with Crippen LogP contribution in [0.1, 0.15) is 94.7 Å². The fourth-order valence-corrected chi connectivity index (χ4v) is 12.8. The van der Waals surface area contributed by atoms with Crippen LogP contribution in [0.3, 0.4) is 0 Å². The zero-order valence-electron chi connectivity index (χ0n) is 37.9. The third-order valence-electron chi connectivity index (χ3n) is 15.9. The van der Waals surface area contributed by atoms with E-state index < -0.39 is 0 Å². The zero-order valence-corrected chi connectivity index (χ0v) is 37.9. The number of nitrogens with zero attached hydrogens (tertiary/aromatic N) is 2. The Morgan fingerprint density at radius 2 is 1.22 bits per heavy atom. The largest absolute Gasteiger partial charge is 0.345 e. The van der Waals surface area contributed by atoms with Crippen molar-refractivity contribution in [3.05, 3.63) is 197 Å². The molecule has 4 aliphatic carbocycles. The van der Waals surface area contributed by atoms with E-state index in [1.54, 1.807) is 5.57 Å². The highest BCUT2D eigenvalue weighted by Gasteiger charge is 2.36. The van der Waals surface area contributed by atoms with E-state index in [2.05, 4.69) is 181 Å². The van der Waals surface area contributed by atoms with Crippen LogP contribution in [0.15, 0.2) is 180 Å². The molecule has 0 saturated heterocycles. The quantitative estimate of drug-likeness (QED) is 0.159. The minimum absolute atomic E-state index is 0.107. The molecule has 0 spiro atoms. The summed E-state index contributed by atoms with van der Waals surface area (Å²) in [6.07, 6.45) is 27.9. The molecule has 2 nitrogen and oxygen atoms in total. The van der Waals surface area contributed by atoms with Crippen LogP contribution in [0.2, 0.25) is 0 Å². The monoisotopic (exact) mass is 840 g/mol. The van der Waals surface area contributed by atoms with Crippen molar-refractivity contribution in [1.82, 2.24) is 0 Å². The lowest BCUT2D eigenvalue weighted by Gasteiger charge is -2.35. The molecule has 7 aromatic carbocycles. The van der Waals surface area contributed by atoms with Gasteiger partial charge in [-0.3, -0.25) is 0 Å². The van der Waals surface area contributed by atoms with Crippen molar-refractivity contribution < 1.29 is 0 Å². The van der Waals surface area contributed by atoms with Crippen LogP contribution in [0, 0.1) is 0 Å². The topological polar surface area (TPSA) is 6.48 Å². The fraction of sp³-hybridized carbons (Fsp3) is 0.238. The highest BCUT2D eigenvalue weighted by atomic mass is 15.2. The Bertz CT molecular complexity index is 3360. The molecule has 13 rings (SSSR count). The van der Waals surface area contributed by atoms with Gasteiger partial charge in [0.15, 0.2) is 0 Å². The summed E-state index contributed by atoms with van der Waals surface area (Å²) >= 11 is 0. The van der Waals surface area contributed by atoms with E-state index in [9.17, 15) is 0 Å². The molecule has 0 radical (unpaired) electrons. The predicted molar refractivity (Wildman–Crippen MR) is 278 cm³/mol. The Balaban J connectivity index is 1.16. The highest BCUT2D eigenvalue weighted by Crippen LogP contribution is 2.54. The minimum atomic E-state index is -0.107. The van der Waals surface area contributed by atoms with E-state index in [1.807, 2.05) is 0 Å². The van der Waals surface area contributed by atoms with E-state index in [0.717, 1.165) is 45.2 Å². The van der Waals surface area contributed by atoms with Crippen LogP contribution in [0.25, 0.3) is 71.3 Å². The summed E-state index contributed by atoms with van der Waals surface area (Å²) in [6, 6.07) is 45.5. The molecule has 0 atom stereocenters. The standard InChI is InChI=1S/C63H56N2/c1-63(2)56-25-11-10-24-50(56)51-33-29-45(38-57(51)63)60-52-34-30-47(65-37-15-22-44-20-8-13-27-59(44)65)40-55(52)62(61-48-23-9-6-18-42(48)28-32-49(61)41-16-4-3-5-17-41)53-35-31-46(39-54(53)60)64-36-14-21-43-19-7-12-26-58(43)64/h3-4,6-7,9-11,13,16,18-19,23-25,27-35,38-40H,5,8,12,14-15,17,20-22,26,36-37H2,1-2H3. The first kappa shape index (κ1) is 38.8. The van der Waals surface area contributed by atoms with Crippen LogP contribution < -0.4 is 9.80 Å². The van der Waals surface area contributed by atoms with Gasteiger partial charge in [-0.2, -0.15) is 0 Å². The van der Waals surface area contributed by atoms with E-state index >= 15 is 0 Å². The van der Waals surface area contributed by atoms with Crippen molar-refractivity contribution in [1.29, 1.82) is 0 Å². The van der Waals surface area contributed by atoms with Gasteiger partial charge in [0.1, 0.15) is 0 Å². The minimum Gasteiger partial charge on any atom is -0.345 e. The lowest BCUT2D eigenvalue weighted by atomic mass is 9.79. The van der Waals surface area contributed by atoms with Crippen molar-refractivity contribution in [3.63, 3.8) is 0 Å². The summed E-state index contributed by atoms with van der Waals surface area (Å²) in [7, 11) is 0. The normalized spacial score (nSPS) is 18.6. The molecule has 0 fully saturated rings. The van der Waals surface area contributed by atoms with Gasteiger partial charge in [-0.15, -0.1) is 0 Å². The summed E-state index contributed by atoms with van der Waals surface area (Å²) in [6.45, 7) is 6.93. The number of rotatable bonds is 5. The Kier molecular flexibility index (Phi) is 9.09. The van der Waals surface area contributed by atoms with Gasteiger partial charge < -0.3 is 9.80 Å². The Morgan fingerprint density at radius 1 is 0.492 bits per heavy atom. The van der Waals surface area contributed by atoms with Gasteiger partial charge in [-0.25, -0.2) is 0 Å². The molecule has 0 unspecified atom stereocenters. The third kappa shape index (κ3) is 6.13. The molecule has 0 amide bonds. The molecule has 2 heterocycles. The van der Waals surface area contributed by atoms with Gasteiger partial charge in [-0.1, -0.05) is 135 Å². The Hall–Kier alpha value is -6.64. The maximum atomic E-state index is 2.67. The first-order valence-corrected chi connectivity index (χ1v) is 24.5. The van der Waals surface area contributed by atoms with Crippen LogP contribution in [0.4, 0.5) is 11.4 Å². The first-order chi connectivity index (χ1) is 32.0. The zero-order chi connectivity index (χ0) is 43.2. The van der Waals surface area contributed by atoms with Crippen molar-refractivity contribution in [3.8, 4) is 33.4 Å². The van der Waals surface area contributed by atoms with Crippen LogP contribution in [0.5, 0.6) is 0 Å². The molecule has 2 heteroatoms. The second kappa shape index (κ2) is 15.2. The smallest absolute Gasteiger partial charge is 0.0417 e. The molecule has 318 valence electrons. The number of anilines is 2. The van der Waals surface area contributed by atoms with Crippen molar-refractivity contribution in [2.45, 2.75) is 83.5 Å². The summed E-state index contributed by atoms with van der Waals surface area (Å²) in [5, 5.41) is 7.92. The number of benzene rings is 7. The second-order valence-electron chi connectivity index (χ2n) is 19.9. The van der Waals surface area contributed by atoms with Gasteiger partial charge in [0.05, 0.1) is 0 Å². The van der Waals surface area contributed by atoms with Crippen LogP contribution >= 0.6 is 0 Å². The fourth-order valence-electron chi connectivity index (χ4n) is 12.8. The molecule has 7 aromatic rings. The molecule has 0 saturated carbocycles. The lowest BCUT2D eigenvalue weighted by molar-refractivity contribution is 0.660. The second-order valence-corrected chi connectivity index (χ2v) is 19.9. The van der Waals surface area contributed by atoms with Crippen LogP contribution in [-0.4, -0.2) is 13.1 Å². The van der Waals surface area contributed by atoms with E-state index in [4.69, 9.17) is 0 Å². The van der Waals surface area contributed by atoms with E-state index in [-0.39, 0.29) is 5.41 Å². The third-order valence-corrected chi connectivity index (χ3v) is 15.9. The predicted octanol–water partition coefficient (Wildman–Crippen LogP) is 16.9. The SMILES string of the molecule is CC1(C)c2ccccc2-c2ccc(-c3c4cc(N5CCCC6=C5CCC=C6)ccc4c(-c4c(C5=CC=CCC5)ccc5ccccc45)c4cc(N5CCCC6=C5C=CCC6)ccc34)cc21. The lowest BCUT2D eigenvalue weighted by Crippen LogP contribution is -2.29. The maximum absolute atomic E-state index is 2.67. The average Bonchev–Trinajstić information content (AvgIpc) is 3.59. The van der Waals surface area contributed by atoms with Crippen molar-refractivity contribution in [2.75, 3.05) is 22.9 Å². The Morgan fingerprint density at radius 3 is 2.11 bits per heavy atom. The maximum Gasteiger partial charge on any atom is 0.0417 e. The number of hydrogen-bond acceptors (Lipinski definition) is 2. The molecule has 2 aliphatic heterocycles. The molecular formula is C63H56N2. The van der Waals surface area contributed by atoms with Gasteiger partial charge in [0.2, 0.25) is 0 Å². The average molecular weight is 841 g/mol. The highest BCUT2D eigenvalue weighted by molar-refractivity contribution is 6.25. The van der Waals surface area contributed by atoms with Gasteiger partial charge in [0, 0.05) is 41.3 Å². The molecule has 0 bridgehead atoms. The molecular weight excluding hydrogens is 785 g/mol. The van der Waals surface area contributed by atoms with Gasteiger partial charge >= 0.3 is 0 Å². The number of fused-ring (bicyclic) bond motifs is 6. The first-order valence-electron chi connectivity index (χ1n) is 24.5. The molecule has 0 N–H and O–H groups in total. The summed E-state index contributed by atoms with van der Waals surface area (Å²) in [5.74, 6) is 0. The van der Waals surface area contributed by atoms with E-state index in [0.29, 0.717) is 0 Å². The van der Waals surface area contributed by atoms with Crippen LogP contribution in [-0.2, 0) is 5.41 Å². The number of allylic oxidation sites excluding steroid dienone is 11. The van der Waals surface area contributed by atoms with Crippen molar-refractivity contribution in [2.24, 2.45) is 0 Å². The summed E-state index contributed by atoms with van der Waals surface area (Å²) in [5.41, 5.74) is 22.3. The Labute approximate surface area is 384 Å². The van der Waals surface area contributed by atoms with E-state index in [1.165, 1.54) is 148 Å². The summed E-state index contributed by atoms with van der Waals surface area (Å²) in [4.78, 5) is 5.31. The molecule has 6 aliphatic rings. The molecule has 0 aromatic heterocycles. The summed E-state index contributed by atoms with van der Waals surface area (Å²) < 4.78 is 0. The molecule has 65 heavy (non-hydrogen) atoms. The van der Waals surface area contributed by atoms with Crippen molar-refractivity contribution >= 4 is 49.3 Å². The van der Waals surface area contributed by atoms with Gasteiger partial charge in [-0.05, 0) is 200 Å². The van der Waals surface area contributed by atoms with Gasteiger partial charge in [0.25, 0.3) is 0 Å².